The van der Waals surface area contributed by atoms with Gasteiger partial charge >= 0.3 is 11.2 Å². The first-order valence-electron chi connectivity index (χ1n) is 9.83. The number of hydrogen-bond donors (Lipinski definition) is 1. The zero-order valence-electron chi connectivity index (χ0n) is 16.4. The molecule has 0 aromatic rings. The van der Waals surface area contributed by atoms with Crippen molar-refractivity contribution in [1.29, 1.82) is 0 Å². The lowest BCUT2D eigenvalue weighted by molar-refractivity contribution is -0.777. The molecule has 0 amide bonds. The van der Waals surface area contributed by atoms with E-state index in [4.69, 9.17) is 4.74 Å². The summed E-state index contributed by atoms with van der Waals surface area (Å²) in [6.07, 6.45) is 7.83. The average molecular weight is 423 g/mol. The van der Waals surface area contributed by atoms with Crippen LogP contribution in [0.1, 0.15) is 65.2 Å². The van der Waals surface area contributed by atoms with Crippen LogP contribution < -0.4 is 5.26 Å². The Kier molecular flexibility index (Phi) is 6.33. The molecule has 4 rings (SSSR count). The van der Waals surface area contributed by atoms with Crippen LogP contribution in [0.25, 0.3) is 0 Å². The summed E-state index contributed by atoms with van der Waals surface area (Å²) in [6.45, 7) is 4.46. The lowest BCUT2D eigenvalue weighted by Gasteiger charge is -2.63. The van der Waals surface area contributed by atoms with Crippen LogP contribution in [0.2, 0.25) is 0 Å². The number of aliphatic hydroxyl groups excluding tert-OH is 1. The van der Waals surface area contributed by atoms with E-state index < -0.39 is 23.3 Å². The molecule has 4 fully saturated rings. The molecule has 0 spiro atoms. The summed E-state index contributed by atoms with van der Waals surface area (Å²) in [5.74, 6) is -0.631. The molecule has 2 unspecified atom stereocenters. The fraction of sp³-hybridized carbons (Fsp3) is 0.947. The molecule has 162 valence electrons. The molecule has 4 bridgehead atoms. The lowest BCUT2D eigenvalue weighted by Crippen LogP contribution is -2.55. The van der Waals surface area contributed by atoms with Crippen molar-refractivity contribution in [1.82, 2.24) is 0 Å². The molecular formula is C19H29F2O6S-. The van der Waals surface area contributed by atoms with E-state index in [-0.39, 0.29) is 29.5 Å². The molecule has 0 aromatic heterocycles. The van der Waals surface area contributed by atoms with Crippen LogP contribution in [0.5, 0.6) is 0 Å². The molecule has 0 radical (unpaired) electrons. The predicted molar refractivity (Wildman–Crippen MR) is 95.3 cm³/mol. The van der Waals surface area contributed by atoms with E-state index in [0.29, 0.717) is 11.8 Å². The van der Waals surface area contributed by atoms with Crippen molar-refractivity contribution in [3.05, 3.63) is 0 Å². The van der Waals surface area contributed by atoms with Gasteiger partial charge in [-0.15, -0.1) is 0 Å². The Morgan fingerprint density at radius 1 is 1.21 bits per heavy atom. The van der Waals surface area contributed by atoms with Crippen molar-refractivity contribution >= 4 is 18.0 Å². The van der Waals surface area contributed by atoms with E-state index in [1.54, 1.807) is 0 Å². The maximum atomic E-state index is 13.7. The Morgan fingerprint density at radius 3 is 2.39 bits per heavy atom. The molecule has 0 saturated heterocycles. The molecule has 9 heteroatoms. The van der Waals surface area contributed by atoms with Crippen molar-refractivity contribution in [3.8, 4) is 0 Å². The first-order chi connectivity index (χ1) is 13.0. The number of aliphatic hydroxyl groups is 1. The quantitative estimate of drug-likeness (QED) is 0.249. The van der Waals surface area contributed by atoms with Crippen molar-refractivity contribution in [3.63, 3.8) is 0 Å². The van der Waals surface area contributed by atoms with Crippen LogP contribution in [-0.2, 0) is 18.9 Å². The number of halogens is 2. The molecule has 4 aliphatic rings. The molecule has 2 atom stereocenters. The van der Waals surface area contributed by atoms with E-state index in [0.717, 1.165) is 44.9 Å². The third kappa shape index (κ3) is 4.80. The monoisotopic (exact) mass is 423 g/mol. The van der Waals surface area contributed by atoms with Crippen LogP contribution >= 0.6 is 12.0 Å². The first-order valence-corrected chi connectivity index (χ1v) is 10.6. The summed E-state index contributed by atoms with van der Waals surface area (Å²) in [4.78, 5) is 11.8. The van der Waals surface area contributed by atoms with Gasteiger partial charge in [-0.05, 0) is 74.0 Å². The molecule has 28 heavy (non-hydrogen) atoms. The molecule has 0 heterocycles. The fourth-order valence-corrected chi connectivity index (χ4v) is 7.06. The Morgan fingerprint density at radius 2 is 1.82 bits per heavy atom. The summed E-state index contributed by atoms with van der Waals surface area (Å²) < 4.78 is 36.0. The highest BCUT2D eigenvalue weighted by atomic mass is 32.2. The SMILES string of the molecule is CC(C)(CCO)CC12CC3CC(CC(COC(=O)C(F)(F)SOO[O-])(C3)C1)C2. The number of ether oxygens (including phenoxy) is 1. The number of carbonyl (C=O) groups is 1. The van der Waals surface area contributed by atoms with Crippen LogP contribution in [-0.4, -0.2) is 29.5 Å². The highest BCUT2D eigenvalue weighted by Gasteiger charge is 2.59. The highest BCUT2D eigenvalue weighted by Crippen LogP contribution is 2.67. The smallest absolute Gasteiger partial charge is 0.415 e. The van der Waals surface area contributed by atoms with Gasteiger partial charge in [0.2, 0.25) is 0 Å². The van der Waals surface area contributed by atoms with E-state index in [9.17, 15) is 23.9 Å². The number of hydrogen-bond acceptors (Lipinski definition) is 7. The van der Waals surface area contributed by atoms with Gasteiger partial charge in [0.1, 0.15) is 12.0 Å². The Hall–Kier alpha value is -0.480. The molecule has 6 nitrogen and oxygen atoms in total. The van der Waals surface area contributed by atoms with Crippen molar-refractivity contribution in [2.45, 2.75) is 70.5 Å². The molecule has 4 saturated carbocycles. The third-order valence-electron chi connectivity index (χ3n) is 6.86. The van der Waals surface area contributed by atoms with E-state index >= 15 is 0 Å². The van der Waals surface area contributed by atoms with Gasteiger partial charge in [-0.2, -0.15) is 13.1 Å². The topological polar surface area (TPSA) is 88.1 Å². The van der Waals surface area contributed by atoms with Gasteiger partial charge in [-0.25, -0.2) is 4.79 Å². The van der Waals surface area contributed by atoms with Crippen molar-refractivity contribution in [2.24, 2.45) is 28.1 Å². The van der Waals surface area contributed by atoms with E-state index in [2.05, 4.69) is 23.2 Å². The summed E-state index contributed by atoms with van der Waals surface area (Å²) in [5.41, 5.74) is -0.116. The largest absolute Gasteiger partial charge is 0.691 e. The van der Waals surface area contributed by atoms with Gasteiger partial charge in [-0.3, -0.25) is 5.04 Å². The number of esters is 1. The van der Waals surface area contributed by atoms with Gasteiger partial charge in [0.25, 0.3) is 0 Å². The molecule has 0 aliphatic heterocycles. The van der Waals surface area contributed by atoms with Gasteiger partial charge in [0.15, 0.2) is 0 Å². The maximum absolute atomic E-state index is 13.7. The van der Waals surface area contributed by atoms with Gasteiger partial charge in [-0.1, -0.05) is 13.8 Å². The number of alkyl halides is 2. The first kappa shape index (κ1) is 22.2. The van der Waals surface area contributed by atoms with Crippen molar-refractivity contribution in [2.75, 3.05) is 13.2 Å². The van der Waals surface area contributed by atoms with Gasteiger partial charge in [0.05, 0.1) is 6.61 Å². The van der Waals surface area contributed by atoms with Crippen LogP contribution in [0.3, 0.4) is 0 Å². The van der Waals surface area contributed by atoms with Crippen LogP contribution in [0.15, 0.2) is 0 Å². The van der Waals surface area contributed by atoms with Crippen LogP contribution in [0.4, 0.5) is 8.78 Å². The minimum absolute atomic E-state index is 0.0115. The third-order valence-corrected chi connectivity index (χ3v) is 7.36. The van der Waals surface area contributed by atoms with Gasteiger partial charge < -0.3 is 15.1 Å². The van der Waals surface area contributed by atoms with Gasteiger partial charge in [0, 0.05) is 12.0 Å². The van der Waals surface area contributed by atoms with Crippen LogP contribution in [0, 0.1) is 28.1 Å². The zero-order valence-corrected chi connectivity index (χ0v) is 17.2. The zero-order chi connectivity index (χ0) is 20.6. The second kappa shape index (κ2) is 7.98. The number of carbonyl (C=O) groups excluding carboxylic acids is 1. The summed E-state index contributed by atoms with van der Waals surface area (Å²) in [7, 11) is 0. The van der Waals surface area contributed by atoms with E-state index in [1.165, 1.54) is 6.42 Å². The minimum Gasteiger partial charge on any atom is -0.691 e. The predicted octanol–water partition coefficient (Wildman–Crippen LogP) is 3.38. The Bertz CT molecular complexity index is 571. The summed E-state index contributed by atoms with van der Waals surface area (Å²) in [5, 5.41) is 18.0. The second-order valence-electron chi connectivity index (χ2n) is 10.1. The maximum Gasteiger partial charge on any atom is 0.415 e. The molecular weight excluding hydrogens is 394 g/mol. The Balaban J connectivity index is 1.68. The molecule has 0 aromatic carbocycles. The van der Waals surface area contributed by atoms with Crippen molar-refractivity contribution < 1.29 is 38.0 Å². The highest BCUT2D eigenvalue weighted by molar-refractivity contribution is 7.96. The summed E-state index contributed by atoms with van der Waals surface area (Å²) >= 11 is -0.650. The number of rotatable bonds is 10. The average Bonchev–Trinajstić information content (AvgIpc) is 2.55. The lowest BCUT2D eigenvalue weighted by atomic mass is 9.42. The summed E-state index contributed by atoms with van der Waals surface area (Å²) in [6, 6.07) is 0. The minimum atomic E-state index is -3.99. The second-order valence-corrected chi connectivity index (χ2v) is 10.9. The van der Waals surface area contributed by atoms with E-state index in [1.807, 2.05) is 0 Å². The molecule has 1 N–H and O–H groups in total. The fourth-order valence-electron chi connectivity index (χ4n) is 6.82. The molecule has 4 aliphatic carbocycles. The normalized spacial score (nSPS) is 34.6. The standard InChI is InChI=1S/C19H30F2O6S/c1-16(2,3-4-22)10-17-6-13-5-14(7-17)9-18(8-13,11-17)12-25-15(23)19(20,21)28-27-26-24/h13-14,22,24H,3-12H2,1-2H3/p-1. The Labute approximate surface area is 168 Å².